The predicted molar refractivity (Wildman–Crippen MR) is 97.8 cm³/mol. The monoisotopic (exact) mass is 359 g/mol. The first kappa shape index (κ1) is 17.6. The van der Waals surface area contributed by atoms with Crippen LogP contribution < -0.4 is 0 Å². The Bertz CT molecular complexity index is 692. The van der Waals surface area contributed by atoms with E-state index in [9.17, 15) is 9.59 Å². The molecule has 2 atom stereocenters. The summed E-state index contributed by atoms with van der Waals surface area (Å²) in [6, 6.07) is 2.08. The highest BCUT2D eigenvalue weighted by molar-refractivity contribution is 5.93. The zero-order valence-electron chi connectivity index (χ0n) is 15.9. The first-order valence-corrected chi connectivity index (χ1v) is 9.96. The van der Waals surface area contributed by atoms with Crippen LogP contribution in [0.3, 0.4) is 0 Å². The number of carbonyl (C=O) groups excluding carboxylic acids is 2. The fraction of sp³-hybridized carbons (Fsp3) is 0.700. The standard InChI is InChI=1S/C20H29N3O3/c1-3-17-15(11-22-8-4-5-9-22)10-18(26-17)20(25)23-12-14-6-7-16(13-23)21(2)19(14)24/h10,14,16H,3-9,11-13H2,1-2H3/t14-,16+/m0/s1. The second-order valence-corrected chi connectivity index (χ2v) is 7.98. The van der Waals surface area contributed by atoms with Crippen LogP contribution in [-0.2, 0) is 17.8 Å². The molecule has 5 heterocycles. The summed E-state index contributed by atoms with van der Waals surface area (Å²) in [5.41, 5.74) is 1.14. The molecule has 0 aliphatic carbocycles. The Balaban J connectivity index is 1.52. The zero-order valence-corrected chi connectivity index (χ0v) is 15.9. The van der Waals surface area contributed by atoms with Crippen LogP contribution >= 0.6 is 0 Å². The fourth-order valence-corrected chi connectivity index (χ4v) is 4.66. The smallest absolute Gasteiger partial charge is 0.289 e. The van der Waals surface area contributed by atoms with Crippen molar-refractivity contribution in [1.82, 2.24) is 14.7 Å². The zero-order chi connectivity index (χ0) is 18.3. The van der Waals surface area contributed by atoms with E-state index >= 15 is 0 Å². The molecule has 0 radical (unpaired) electrons. The number of hydrogen-bond donors (Lipinski definition) is 0. The van der Waals surface area contributed by atoms with E-state index in [0.29, 0.717) is 18.8 Å². The highest BCUT2D eigenvalue weighted by Gasteiger charge is 2.40. The van der Waals surface area contributed by atoms with Crippen LogP contribution in [0.1, 0.15) is 54.5 Å². The van der Waals surface area contributed by atoms with E-state index in [4.69, 9.17) is 4.42 Å². The van der Waals surface area contributed by atoms with Gasteiger partial charge in [-0.1, -0.05) is 6.92 Å². The molecule has 142 valence electrons. The summed E-state index contributed by atoms with van der Waals surface area (Å²) in [4.78, 5) is 31.6. The topological polar surface area (TPSA) is 57.0 Å². The third kappa shape index (κ3) is 3.15. The quantitative estimate of drug-likeness (QED) is 0.826. The molecule has 1 aromatic rings. The molecule has 4 aliphatic rings. The van der Waals surface area contributed by atoms with Gasteiger partial charge in [-0.2, -0.15) is 0 Å². The van der Waals surface area contributed by atoms with Crippen molar-refractivity contribution in [1.29, 1.82) is 0 Å². The van der Waals surface area contributed by atoms with Gasteiger partial charge in [-0.05, 0) is 44.8 Å². The number of carbonyl (C=O) groups is 2. The number of fused-ring (bicyclic) bond motifs is 4. The van der Waals surface area contributed by atoms with Gasteiger partial charge < -0.3 is 14.2 Å². The molecule has 0 N–H and O–H groups in total. The first-order chi connectivity index (χ1) is 12.6. The highest BCUT2D eigenvalue weighted by Crippen LogP contribution is 2.29. The summed E-state index contributed by atoms with van der Waals surface area (Å²) in [5, 5.41) is 0. The summed E-state index contributed by atoms with van der Waals surface area (Å²) >= 11 is 0. The van der Waals surface area contributed by atoms with Crippen molar-refractivity contribution in [2.75, 3.05) is 33.2 Å². The molecule has 2 amide bonds. The minimum atomic E-state index is -0.0626. The van der Waals surface area contributed by atoms with Crippen molar-refractivity contribution in [3.63, 3.8) is 0 Å². The summed E-state index contributed by atoms with van der Waals surface area (Å²) in [5.74, 6) is 1.42. The molecule has 0 aromatic carbocycles. The lowest BCUT2D eigenvalue weighted by Gasteiger charge is -2.32. The minimum Gasteiger partial charge on any atom is -0.456 e. The normalized spacial score (nSPS) is 26.6. The number of likely N-dealkylation sites (N-methyl/N-ethyl adjacent to an activating group) is 1. The van der Waals surface area contributed by atoms with Gasteiger partial charge in [-0.3, -0.25) is 14.5 Å². The van der Waals surface area contributed by atoms with Crippen LogP contribution in [0.2, 0.25) is 0 Å². The second kappa shape index (κ2) is 7.06. The third-order valence-electron chi connectivity index (χ3n) is 6.27. The molecule has 4 saturated heterocycles. The fourth-order valence-electron chi connectivity index (χ4n) is 4.66. The van der Waals surface area contributed by atoms with Crippen LogP contribution in [0, 0.1) is 5.92 Å². The molecule has 4 fully saturated rings. The number of rotatable bonds is 4. The maximum Gasteiger partial charge on any atom is 0.289 e. The lowest BCUT2D eigenvalue weighted by Crippen LogP contribution is -2.45. The molecule has 0 saturated carbocycles. The van der Waals surface area contributed by atoms with E-state index in [-0.39, 0.29) is 23.8 Å². The van der Waals surface area contributed by atoms with Gasteiger partial charge in [0, 0.05) is 44.7 Å². The van der Waals surface area contributed by atoms with E-state index in [1.807, 2.05) is 22.9 Å². The summed E-state index contributed by atoms with van der Waals surface area (Å²) in [6.07, 6.45) is 5.17. The van der Waals surface area contributed by atoms with Gasteiger partial charge in [-0.25, -0.2) is 0 Å². The van der Waals surface area contributed by atoms with Gasteiger partial charge in [0.05, 0.1) is 5.92 Å². The molecule has 2 bridgehead atoms. The lowest BCUT2D eigenvalue weighted by atomic mass is 9.95. The average Bonchev–Trinajstić information content (AvgIpc) is 3.21. The van der Waals surface area contributed by atoms with Gasteiger partial charge in [0.1, 0.15) is 5.76 Å². The summed E-state index contributed by atoms with van der Waals surface area (Å²) in [6.45, 7) is 6.32. The molecule has 1 aromatic heterocycles. The SMILES string of the molecule is CCc1oc(C(=O)N2C[C@@H]3CC[C@H](C2)N(C)C3=O)cc1CN1CCCC1. The molecule has 4 aliphatic heterocycles. The molecule has 0 spiro atoms. The molecule has 6 nitrogen and oxygen atoms in total. The maximum atomic E-state index is 13.1. The van der Waals surface area contributed by atoms with E-state index in [0.717, 1.165) is 50.2 Å². The number of nitrogens with zero attached hydrogens (tertiary/aromatic N) is 3. The number of likely N-dealkylation sites (tertiary alicyclic amines) is 1. The number of amides is 2. The van der Waals surface area contributed by atoms with Crippen LogP contribution in [0.15, 0.2) is 10.5 Å². The van der Waals surface area contributed by atoms with Gasteiger partial charge in [0.15, 0.2) is 5.76 Å². The Morgan fingerprint density at radius 2 is 2.00 bits per heavy atom. The lowest BCUT2D eigenvalue weighted by molar-refractivity contribution is -0.138. The van der Waals surface area contributed by atoms with Crippen LogP contribution in [0.4, 0.5) is 0 Å². The Kier molecular flexibility index (Phi) is 4.78. The first-order valence-electron chi connectivity index (χ1n) is 9.96. The summed E-state index contributed by atoms with van der Waals surface area (Å²) < 4.78 is 5.96. The second-order valence-electron chi connectivity index (χ2n) is 7.98. The number of furan rings is 1. The van der Waals surface area contributed by atoms with Crippen molar-refractivity contribution in [2.45, 2.75) is 51.6 Å². The Labute approximate surface area is 155 Å². The third-order valence-corrected chi connectivity index (χ3v) is 6.27. The Morgan fingerprint density at radius 1 is 1.23 bits per heavy atom. The Morgan fingerprint density at radius 3 is 2.73 bits per heavy atom. The largest absolute Gasteiger partial charge is 0.456 e. The van der Waals surface area contributed by atoms with Crippen molar-refractivity contribution in [3.8, 4) is 0 Å². The molecule has 6 heteroatoms. The van der Waals surface area contributed by atoms with E-state index in [1.54, 1.807) is 0 Å². The van der Waals surface area contributed by atoms with E-state index in [2.05, 4.69) is 11.8 Å². The Hall–Kier alpha value is -1.82. The minimum absolute atomic E-state index is 0.0626. The molecular weight excluding hydrogens is 330 g/mol. The maximum absolute atomic E-state index is 13.1. The van der Waals surface area contributed by atoms with Crippen LogP contribution in [0.5, 0.6) is 0 Å². The number of hydrogen-bond acceptors (Lipinski definition) is 4. The van der Waals surface area contributed by atoms with Crippen LogP contribution in [0.25, 0.3) is 0 Å². The van der Waals surface area contributed by atoms with Crippen LogP contribution in [-0.4, -0.2) is 65.8 Å². The molecule has 5 rings (SSSR count). The van der Waals surface area contributed by atoms with E-state index in [1.165, 1.54) is 12.8 Å². The molecular formula is C20H29N3O3. The molecule has 0 unspecified atom stereocenters. The van der Waals surface area contributed by atoms with Gasteiger partial charge in [-0.15, -0.1) is 0 Å². The average molecular weight is 359 g/mol. The predicted octanol–water partition coefficient (Wildman–Crippen LogP) is 2.13. The number of aryl methyl sites for hydroxylation is 1. The van der Waals surface area contributed by atoms with Gasteiger partial charge in [0.2, 0.25) is 5.91 Å². The van der Waals surface area contributed by atoms with E-state index < -0.39 is 0 Å². The van der Waals surface area contributed by atoms with Crippen molar-refractivity contribution in [3.05, 3.63) is 23.2 Å². The molecule has 26 heavy (non-hydrogen) atoms. The van der Waals surface area contributed by atoms with Crippen molar-refractivity contribution in [2.24, 2.45) is 5.92 Å². The van der Waals surface area contributed by atoms with Gasteiger partial charge in [0.25, 0.3) is 5.91 Å². The van der Waals surface area contributed by atoms with Gasteiger partial charge >= 0.3 is 0 Å². The number of piperidine rings is 1. The van der Waals surface area contributed by atoms with Crippen molar-refractivity contribution >= 4 is 11.8 Å². The highest BCUT2D eigenvalue weighted by atomic mass is 16.4. The van der Waals surface area contributed by atoms with Crippen molar-refractivity contribution < 1.29 is 14.0 Å². The summed E-state index contributed by atoms with van der Waals surface area (Å²) in [7, 11) is 1.86.